The number of halogens is 6. The van der Waals surface area contributed by atoms with Crippen LogP contribution in [0.25, 0.3) is 28.1 Å². The summed E-state index contributed by atoms with van der Waals surface area (Å²) in [6.45, 7) is 1.46. The van der Waals surface area contributed by atoms with E-state index in [4.69, 9.17) is 11.6 Å². The minimum Gasteiger partial charge on any atom is -0.445 e. The molecule has 0 spiro atoms. The molecule has 4 aromatic rings. The average Bonchev–Trinajstić information content (AvgIpc) is 2.73. The van der Waals surface area contributed by atoms with Gasteiger partial charge < -0.3 is 12.9 Å². The largest absolute Gasteiger partial charge is 1.00 e. The minimum absolute atomic E-state index is 0. The fourth-order valence-electron chi connectivity index (χ4n) is 2.06. The summed E-state index contributed by atoms with van der Waals surface area (Å²) in [4.78, 5) is 16.8. The first-order chi connectivity index (χ1) is 14.6. The van der Waals surface area contributed by atoms with Gasteiger partial charge in [-0.15, -0.1) is 6.58 Å². The molecule has 12 heteroatoms. The van der Waals surface area contributed by atoms with Gasteiger partial charge in [0.25, 0.3) is 0 Å². The number of nitrogens with zero attached hydrogens (tertiary/aromatic N) is 4. The van der Waals surface area contributed by atoms with E-state index in [9.17, 15) is 12.9 Å². The van der Waals surface area contributed by atoms with Crippen molar-refractivity contribution >= 4 is 78.6 Å². The van der Waals surface area contributed by atoms with Crippen molar-refractivity contribution in [3.63, 3.8) is 0 Å². The quantitative estimate of drug-likeness (QED) is 0.310. The minimum atomic E-state index is -4.72. The maximum atomic E-state index is 10.7. The van der Waals surface area contributed by atoms with Crippen LogP contribution in [-0.4, -0.2) is 26.9 Å². The molecule has 0 fully saturated rings. The fourth-order valence-corrected chi connectivity index (χ4v) is 2.90. The zero-order chi connectivity index (χ0) is 23.0. The number of benzene rings is 2. The van der Waals surface area contributed by atoms with Crippen LogP contribution in [0.4, 0.5) is 12.9 Å². The van der Waals surface area contributed by atoms with E-state index in [1.807, 2.05) is 36.4 Å². The molecule has 0 radical (unpaired) electrons. The molecule has 0 N–H and O–H groups in total. The van der Waals surface area contributed by atoms with Gasteiger partial charge in [0, 0.05) is 8.95 Å². The van der Waals surface area contributed by atoms with Crippen LogP contribution < -0.4 is 51.4 Å². The summed E-state index contributed by atoms with van der Waals surface area (Å²) in [6, 6.07) is 11.5. The van der Waals surface area contributed by atoms with Crippen LogP contribution in [0.1, 0.15) is 5.69 Å². The molecule has 0 bridgehead atoms. The predicted molar refractivity (Wildman–Crippen MR) is 129 cm³/mol. The van der Waals surface area contributed by atoms with E-state index in [-0.39, 0.29) is 57.4 Å². The van der Waals surface area contributed by atoms with Gasteiger partial charge in [-0.05, 0) is 42.5 Å². The van der Waals surface area contributed by atoms with E-state index in [1.54, 1.807) is 12.3 Å². The normalized spacial score (nSPS) is 10.2. The molecule has 160 valence electrons. The Morgan fingerprint density at radius 1 is 0.812 bits per heavy atom. The molecule has 32 heavy (non-hydrogen) atoms. The fraction of sp³-hybridized carbons (Fsp3) is 0. The molecule has 0 aliphatic carbocycles. The van der Waals surface area contributed by atoms with Gasteiger partial charge in [-0.25, -0.2) is 9.97 Å². The molecule has 0 atom stereocenters. The maximum absolute atomic E-state index is 10.7. The molecule has 0 saturated carbocycles. The number of hydrogen-bond donors (Lipinski definition) is 0. The van der Waals surface area contributed by atoms with Crippen molar-refractivity contribution < 1.29 is 64.3 Å². The summed E-state index contributed by atoms with van der Waals surface area (Å²) in [5.74, 6) is 0. The zero-order valence-electron chi connectivity index (χ0n) is 16.8. The SMILES string of the molecule is C=C[B-](F)(F)F.C=Cc1cnc2ccc(Br)cc2n1.Clc1cnc2ccc(Br)cc2n1.[K+]. The van der Waals surface area contributed by atoms with Gasteiger partial charge >= 0.3 is 58.4 Å². The molecule has 0 aliphatic heterocycles. The first-order valence-corrected chi connectivity index (χ1v) is 10.5. The van der Waals surface area contributed by atoms with Crippen LogP contribution in [0.5, 0.6) is 0 Å². The summed E-state index contributed by atoms with van der Waals surface area (Å²) in [6.07, 6.45) is 4.94. The molecule has 4 rings (SSSR count). The van der Waals surface area contributed by atoms with Gasteiger partial charge in [-0.3, -0.25) is 9.97 Å². The Hall–Kier alpha value is -0.659. The van der Waals surface area contributed by atoms with Crippen molar-refractivity contribution in [2.45, 2.75) is 0 Å². The molecule has 2 aromatic carbocycles. The Balaban J connectivity index is 0.000000253. The van der Waals surface area contributed by atoms with Crippen LogP contribution in [-0.2, 0) is 0 Å². The first-order valence-electron chi connectivity index (χ1n) is 8.57. The Morgan fingerprint density at radius 2 is 1.28 bits per heavy atom. The summed E-state index contributed by atoms with van der Waals surface area (Å²) >= 11 is 12.4. The van der Waals surface area contributed by atoms with E-state index in [2.05, 4.69) is 65.0 Å². The second-order valence-corrected chi connectivity index (χ2v) is 8.04. The van der Waals surface area contributed by atoms with Crippen LogP contribution >= 0.6 is 43.5 Å². The second-order valence-electron chi connectivity index (χ2n) is 5.82. The van der Waals surface area contributed by atoms with Gasteiger partial charge in [0.05, 0.1) is 40.2 Å². The van der Waals surface area contributed by atoms with E-state index in [1.165, 1.54) is 6.20 Å². The number of hydrogen-bond acceptors (Lipinski definition) is 4. The van der Waals surface area contributed by atoms with Crippen LogP contribution in [0, 0.1) is 0 Å². The van der Waals surface area contributed by atoms with Crippen molar-refractivity contribution in [3.05, 3.63) is 87.7 Å². The zero-order valence-corrected chi connectivity index (χ0v) is 23.9. The van der Waals surface area contributed by atoms with Crippen LogP contribution in [0.2, 0.25) is 5.15 Å². The first kappa shape index (κ1) is 29.4. The van der Waals surface area contributed by atoms with Crippen molar-refractivity contribution in [1.29, 1.82) is 0 Å². The summed E-state index contributed by atoms with van der Waals surface area (Å²) in [7, 11) is 0. The molecule has 0 unspecified atom stereocenters. The smallest absolute Gasteiger partial charge is 0.445 e. The standard InChI is InChI=1S/C10H7BrN2.C8H4BrClN2.C2H3BF3.K/c1-2-8-6-12-9-4-3-7(11)5-10(9)13-8;9-5-1-2-6-7(3-5)12-8(10)4-11-6;1-2-3(4,5)6;/h2-6H,1H2;1-4H;2H,1H2;/q;;-1;+1. The third kappa shape index (κ3) is 10.1. The van der Waals surface area contributed by atoms with Gasteiger partial charge in [0.1, 0.15) is 5.15 Å². The Morgan fingerprint density at radius 3 is 1.75 bits per heavy atom. The Labute approximate surface area is 247 Å². The number of aromatic nitrogens is 4. The monoisotopic (exact) mass is 610 g/mol. The number of fused-ring (bicyclic) bond motifs is 2. The molecular formula is C20H14BBr2ClF3KN4. The summed E-state index contributed by atoms with van der Waals surface area (Å²) < 4.78 is 34.2. The summed E-state index contributed by atoms with van der Waals surface area (Å²) in [5.41, 5.74) is 4.23. The third-order valence-electron chi connectivity index (χ3n) is 3.47. The topological polar surface area (TPSA) is 51.6 Å². The van der Waals surface area contributed by atoms with Crippen LogP contribution in [0.15, 0.2) is 76.9 Å². The molecular weight excluding hydrogens is 598 g/mol. The van der Waals surface area contributed by atoms with E-state index < -0.39 is 6.98 Å². The van der Waals surface area contributed by atoms with Gasteiger partial charge in [0.2, 0.25) is 0 Å². The molecule has 0 amide bonds. The molecule has 4 nitrogen and oxygen atoms in total. The van der Waals surface area contributed by atoms with Crippen molar-refractivity contribution in [2.24, 2.45) is 0 Å². The molecule has 2 heterocycles. The Kier molecular flexibility index (Phi) is 12.8. The summed E-state index contributed by atoms with van der Waals surface area (Å²) in [5, 5.41) is 0.417. The van der Waals surface area contributed by atoms with Crippen molar-refractivity contribution in [1.82, 2.24) is 19.9 Å². The molecule has 2 aromatic heterocycles. The predicted octanol–water partition coefficient (Wildman–Crippen LogP) is 4.64. The van der Waals surface area contributed by atoms with Crippen LogP contribution in [0.3, 0.4) is 0 Å². The van der Waals surface area contributed by atoms with Crippen molar-refractivity contribution in [3.8, 4) is 0 Å². The maximum Gasteiger partial charge on any atom is 1.00 e. The van der Waals surface area contributed by atoms with Gasteiger partial charge in [0.15, 0.2) is 0 Å². The molecule has 0 saturated heterocycles. The van der Waals surface area contributed by atoms with E-state index >= 15 is 0 Å². The third-order valence-corrected chi connectivity index (χ3v) is 4.64. The van der Waals surface area contributed by atoms with Gasteiger partial charge in [-0.2, -0.15) is 5.98 Å². The Bertz CT molecular complexity index is 1190. The van der Waals surface area contributed by atoms with E-state index in [0.717, 1.165) is 36.7 Å². The number of rotatable bonds is 2. The second kappa shape index (κ2) is 13.9. The van der Waals surface area contributed by atoms with Gasteiger partial charge in [-0.1, -0.05) is 50.0 Å². The van der Waals surface area contributed by atoms with E-state index in [0.29, 0.717) is 5.15 Å². The average molecular weight is 613 g/mol. The van der Waals surface area contributed by atoms with Crippen molar-refractivity contribution in [2.75, 3.05) is 0 Å². The molecule has 0 aliphatic rings.